The van der Waals surface area contributed by atoms with Crippen molar-refractivity contribution in [3.63, 3.8) is 0 Å². The molecule has 3 aliphatic rings. The molecule has 2 saturated carbocycles. The van der Waals surface area contributed by atoms with Crippen LogP contribution in [0, 0.1) is 23.7 Å². The molecule has 3 fully saturated rings. The topological polar surface area (TPSA) is 175 Å². The quantitative estimate of drug-likeness (QED) is 0.127. The molecule has 296 valence electrons. The van der Waals surface area contributed by atoms with Crippen LogP contribution >= 0.6 is 0 Å². The molecule has 6 atom stereocenters. The third-order valence-electron chi connectivity index (χ3n) is 11.8. The number of benzene rings is 2. The van der Waals surface area contributed by atoms with Crippen molar-refractivity contribution in [2.24, 2.45) is 23.7 Å². The normalized spacial score (nSPS) is 22.0. The first-order valence-corrected chi connectivity index (χ1v) is 19.6. The Labute approximate surface area is 327 Å². The summed E-state index contributed by atoms with van der Waals surface area (Å²) in [6.07, 6.45) is 7.05. The third-order valence-corrected chi connectivity index (χ3v) is 11.8. The molecule has 14 nitrogen and oxygen atoms in total. The Balaban J connectivity index is 1.02. The summed E-state index contributed by atoms with van der Waals surface area (Å²) in [7, 11) is 2.58. The predicted octanol–water partition coefficient (Wildman–Crippen LogP) is 6.82. The number of amides is 4. The molecule has 14 heteroatoms. The van der Waals surface area contributed by atoms with Gasteiger partial charge in [0.25, 0.3) is 0 Å². The number of nitrogens with one attached hydrogen (secondary N) is 4. The van der Waals surface area contributed by atoms with Gasteiger partial charge in [0.1, 0.15) is 17.7 Å². The Morgan fingerprint density at radius 3 is 1.89 bits per heavy atom. The largest absolute Gasteiger partial charge is 0.453 e. The van der Waals surface area contributed by atoms with E-state index in [0.717, 1.165) is 77.4 Å². The van der Waals surface area contributed by atoms with Gasteiger partial charge in [0.05, 0.1) is 50.0 Å². The maximum atomic E-state index is 13.9. The van der Waals surface area contributed by atoms with Crippen molar-refractivity contribution in [1.82, 2.24) is 40.6 Å². The number of hydrogen-bond acceptors (Lipinski definition) is 8. The Morgan fingerprint density at radius 1 is 0.768 bits per heavy atom. The summed E-state index contributed by atoms with van der Waals surface area (Å²) in [5, 5.41) is 4.11. The molecule has 2 aliphatic carbocycles. The minimum Gasteiger partial charge on any atom is -0.453 e. The molecule has 2 unspecified atom stereocenters. The van der Waals surface area contributed by atoms with Gasteiger partial charge in [-0.05, 0) is 86.0 Å². The third kappa shape index (κ3) is 7.61. The SMILES string of the molecule is COC(=O)N[C@H](C(=O)N1CCC[C@H]1c1ncc(-c2ccc(-c3ccc(-c4cnc([C@@H]5C6CCC(C6)[C@H]5C(=O)N(NC(=O)OC)C(C)C)[nH]4)cc3)cc2)[nH]1)C(C)C. The number of carbonyl (C=O) groups excluding carboxylic acids is 4. The molecule has 0 spiro atoms. The Morgan fingerprint density at radius 2 is 1.32 bits per heavy atom. The Kier molecular flexibility index (Phi) is 11.2. The van der Waals surface area contributed by atoms with Crippen molar-refractivity contribution >= 4 is 24.0 Å². The number of H-pyrrole nitrogens is 2. The molecule has 1 aliphatic heterocycles. The average molecular weight is 765 g/mol. The van der Waals surface area contributed by atoms with Gasteiger partial charge >= 0.3 is 12.2 Å². The average Bonchev–Trinajstić information content (AvgIpc) is 4.06. The van der Waals surface area contributed by atoms with Crippen molar-refractivity contribution in [3.05, 3.63) is 72.6 Å². The lowest BCUT2D eigenvalue weighted by molar-refractivity contribution is -0.143. The fourth-order valence-electron chi connectivity index (χ4n) is 8.97. The lowest BCUT2D eigenvalue weighted by Gasteiger charge is -2.35. The molecular weight excluding hydrogens is 713 g/mol. The standard InChI is InChI=1S/C42H52N8O6/c1-23(2)36(47-41(53)55-5)40(52)49-19-7-8-33(49)37-43-21-31(45-37)27-13-9-25(10-14-27)26-11-15-28(16-12-26)32-22-44-38(46-32)34-29-17-18-30(20-29)35(34)39(51)50(24(3)4)48-42(54)56-6/h9-16,21-24,29-30,33-36H,7-8,17-20H2,1-6H3,(H,43,45)(H,44,46)(H,47,53)(H,48,54)/t29?,30?,33-,34+,35+,36-/m0/s1. The van der Waals surface area contributed by atoms with E-state index in [1.54, 1.807) is 6.20 Å². The van der Waals surface area contributed by atoms with Crippen molar-refractivity contribution in [3.8, 4) is 33.6 Å². The van der Waals surface area contributed by atoms with Gasteiger partial charge in [-0.2, -0.15) is 0 Å². The molecule has 0 radical (unpaired) electrons. The summed E-state index contributed by atoms with van der Waals surface area (Å²) >= 11 is 0. The number of imidazole rings is 2. The lowest BCUT2D eigenvalue weighted by atomic mass is 9.78. The molecule has 1 saturated heterocycles. The van der Waals surface area contributed by atoms with Crippen LogP contribution in [0.25, 0.3) is 33.6 Å². The van der Waals surface area contributed by atoms with E-state index in [1.165, 1.54) is 19.2 Å². The summed E-state index contributed by atoms with van der Waals surface area (Å²) in [5.41, 5.74) is 8.48. The molecule has 4 N–H and O–H groups in total. The minimum atomic E-state index is -0.687. The fraction of sp³-hybridized carbons (Fsp3) is 0.476. The summed E-state index contributed by atoms with van der Waals surface area (Å²) in [6, 6.07) is 15.5. The monoisotopic (exact) mass is 764 g/mol. The summed E-state index contributed by atoms with van der Waals surface area (Å²) in [4.78, 5) is 69.8. The van der Waals surface area contributed by atoms with E-state index in [4.69, 9.17) is 14.5 Å². The van der Waals surface area contributed by atoms with Gasteiger partial charge < -0.3 is 29.7 Å². The van der Waals surface area contributed by atoms with Crippen LogP contribution < -0.4 is 10.7 Å². The first-order chi connectivity index (χ1) is 27.0. The highest BCUT2D eigenvalue weighted by Gasteiger charge is 2.54. The van der Waals surface area contributed by atoms with Crippen LogP contribution in [0.4, 0.5) is 9.59 Å². The zero-order valence-electron chi connectivity index (χ0n) is 32.9. The summed E-state index contributed by atoms with van der Waals surface area (Å²) in [6.45, 7) is 8.15. The number of carbonyl (C=O) groups is 4. The van der Waals surface area contributed by atoms with Gasteiger partial charge in [-0.15, -0.1) is 0 Å². The number of nitrogens with zero attached hydrogens (tertiary/aromatic N) is 4. The number of hydrogen-bond donors (Lipinski definition) is 4. The second kappa shape index (κ2) is 16.2. The number of hydrazine groups is 1. The first-order valence-electron chi connectivity index (χ1n) is 19.6. The van der Waals surface area contributed by atoms with Crippen molar-refractivity contribution < 1.29 is 28.7 Å². The Hall–Kier alpha value is -5.66. The summed E-state index contributed by atoms with van der Waals surface area (Å²) in [5.74, 6) is 1.50. The van der Waals surface area contributed by atoms with Crippen LogP contribution in [0.15, 0.2) is 60.9 Å². The maximum absolute atomic E-state index is 13.9. The molecule has 3 heterocycles. The summed E-state index contributed by atoms with van der Waals surface area (Å²) < 4.78 is 9.55. The number of aromatic amines is 2. The van der Waals surface area contributed by atoms with Crippen LogP contribution in [0.2, 0.25) is 0 Å². The van der Waals surface area contributed by atoms with E-state index >= 15 is 0 Å². The van der Waals surface area contributed by atoms with E-state index in [9.17, 15) is 19.2 Å². The maximum Gasteiger partial charge on any atom is 0.425 e. The fourth-order valence-corrected chi connectivity index (χ4v) is 8.97. The lowest BCUT2D eigenvalue weighted by Crippen LogP contribution is -2.53. The van der Waals surface area contributed by atoms with Gasteiger partial charge in [-0.3, -0.25) is 9.59 Å². The number of alkyl carbamates (subject to hydrolysis) is 1. The number of likely N-dealkylation sites (tertiary alicyclic amines) is 1. The number of aromatic nitrogens is 4. The van der Waals surface area contributed by atoms with Crippen LogP contribution in [0.1, 0.15) is 83.4 Å². The minimum absolute atomic E-state index is 0.0494. The molecule has 2 aromatic heterocycles. The van der Waals surface area contributed by atoms with Crippen molar-refractivity contribution in [2.45, 2.75) is 83.8 Å². The molecule has 4 amide bonds. The molecule has 4 aromatic rings. The van der Waals surface area contributed by atoms with Gasteiger partial charge in [-0.1, -0.05) is 62.4 Å². The first kappa shape index (κ1) is 38.6. The van der Waals surface area contributed by atoms with E-state index in [1.807, 2.05) is 38.8 Å². The molecule has 2 aromatic carbocycles. The van der Waals surface area contributed by atoms with Crippen LogP contribution in [0.3, 0.4) is 0 Å². The second-order valence-corrected chi connectivity index (χ2v) is 15.9. The number of rotatable bonds is 10. The molecule has 56 heavy (non-hydrogen) atoms. The number of fused-ring (bicyclic) bond motifs is 2. The molecular formula is C42H52N8O6. The van der Waals surface area contributed by atoms with E-state index < -0.39 is 18.2 Å². The van der Waals surface area contributed by atoms with Gasteiger partial charge in [0.15, 0.2) is 0 Å². The zero-order chi connectivity index (χ0) is 39.7. The van der Waals surface area contributed by atoms with Crippen molar-refractivity contribution in [1.29, 1.82) is 0 Å². The van der Waals surface area contributed by atoms with E-state index in [-0.39, 0.29) is 47.6 Å². The highest BCUT2D eigenvalue weighted by Crippen LogP contribution is 2.56. The smallest absolute Gasteiger partial charge is 0.425 e. The number of methoxy groups -OCH3 is 2. The van der Waals surface area contributed by atoms with Crippen LogP contribution in [-0.4, -0.2) is 86.7 Å². The molecule has 7 rings (SSSR count). The Bertz CT molecular complexity index is 2040. The van der Waals surface area contributed by atoms with Gasteiger partial charge in [0, 0.05) is 18.5 Å². The van der Waals surface area contributed by atoms with Gasteiger partial charge in [-0.25, -0.2) is 30.0 Å². The van der Waals surface area contributed by atoms with Crippen LogP contribution in [0.5, 0.6) is 0 Å². The van der Waals surface area contributed by atoms with Gasteiger partial charge in [0.2, 0.25) is 11.8 Å². The van der Waals surface area contributed by atoms with E-state index in [2.05, 4.69) is 74.2 Å². The zero-order valence-corrected chi connectivity index (χ0v) is 32.9. The number of ether oxygens (including phenoxy) is 2. The van der Waals surface area contributed by atoms with Crippen LogP contribution in [-0.2, 0) is 19.1 Å². The highest BCUT2D eigenvalue weighted by atomic mass is 16.5. The van der Waals surface area contributed by atoms with E-state index in [0.29, 0.717) is 12.5 Å². The predicted molar refractivity (Wildman–Crippen MR) is 209 cm³/mol. The highest BCUT2D eigenvalue weighted by molar-refractivity contribution is 5.86. The second-order valence-electron chi connectivity index (χ2n) is 15.9. The van der Waals surface area contributed by atoms with Crippen molar-refractivity contribution in [2.75, 3.05) is 20.8 Å². The molecule has 2 bridgehead atoms.